The van der Waals surface area contributed by atoms with E-state index in [2.05, 4.69) is 20.5 Å². The summed E-state index contributed by atoms with van der Waals surface area (Å²) in [6.45, 7) is 1.13. The van der Waals surface area contributed by atoms with Crippen molar-refractivity contribution in [2.45, 2.75) is 13.0 Å². The maximum absolute atomic E-state index is 12.7. The van der Waals surface area contributed by atoms with Gasteiger partial charge in [0.05, 0.1) is 6.04 Å². The molecule has 2 aromatic heterocycles. The van der Waals surface area contributed by atoms with Gasteiger partial charge in [-0.3, -0.25) is 5.32 Å². The highest BCUT2D eigenvalue weighted by Crippen LogP contribution is 2.20. The topological polar surface area (TPSA) is 92.9 Å². The monoisotopic (exact) mass is 265 g/mol. The molecule has 0 spiro atoms. The van der Waals surface area contributed by atoms with Crippen LogP contribution in [0.3, 0.4) is 0 Å². The highest BCUT2D eigenvalue weighted by molar-refractivity contribution is 5.81. The number of hydrogen-bond acceptors (Lipinski definition) is 4. The van der Waals surface area contributed by atoms with Crippen LogP contribution in [0.15, 0.2) is 24.5 Å². The Morgan fingerprint density at radius 3 is 3.05 bits per heavy atom. The molecule has 0 aliphatic heterocycles. The van der Waals surface area contributed by atoms with Gasteiger partial charge in [0.1, 0.15) is 24.5 Å². The van der Waals surface area contributed by atoms with Gasteiger partial charge in [-0.25, -0.2) is 14.2 Å². The van der Waals surface area contributed by atoms with E-state index in [-0.39, 0.29) is 5.82 Å². The second kappa shape index (κ2) is 5.42. The lowest BCUT2D eigenvalue weighted by Gasteiger charge is -2.11. The van der Waals surface area contributed by atoms with Gasteiger partial charge in [-0.15, -0.1) is 10.2 Å². The molecule has 0 aromatic carbocycles. The van der Waals surface area contributed by atoms with E-state index in [4.69, 9.17) is 5.11 Å². The van der Waals surface area contributed by atoms with Crippen molar-refractivity contribution in [3.63, 3.8) is 0 Å². The number of aromatic nitrogens is 4. The average Bonchev–Trinajstić information content (AvgIpc) is 2.86. The third kappa shape index (κ3) is 2.84. The normalized spacial score (nSPS) is 12.1. The van der Waals surface area contributed by atoms with Crippen molar-refractivity contribution < 1.29 is 14.3 Å². The van der Waals surface area contributed by atoms with Crippen LogP contribution in [0.4, 0.5) is 15.0 Å². The minimum absolute atomic E-state index is 0.174. The van der Waals surface area contributed by atoms with Crippen LogP contribution < -0.4 is 5.32 Å². The van der Waals surface area contributed by atoms with Crippen LogP contribution in [0.2, 0.25) is 0 Å². The van der Waals surface area contributed by atoms with Gasteiger partial charge >= 0.3 is 6.09 Å². The minimum atomic E-state index is -1.21. The highest BCUT2D eigenvalue weighted by Gasteiger charge is 2.14. The quantitative estimate of drug-likeness (QED) is 0.881. The molecule has 0 aliphatic rings. The summed E-state index contributed by atoms with van der Waals surface area (Å²) in [7, 11) is 0. The minimum Gasteiger partial charge on any atom is -0.465 e. The van der Waals surface area contributed by atoms with Crippen molar-refractivity contribution in [3.8, 4) is 11.5 Å². The SMILES string of the molecule is CC(CF)n1cnnc1-c1cccc(NC(=O)O)n1. The summed E-state index contributed by atoms with van der Waals surface area (Å²) in [5.74, 6) is 0.562. The molecular weight excluding hydrogens is 253 g/mol. The first-order chi connectivity index (χ1) is 9.11. The smallest absolute Gasteiger partial charge is 0.410 e. The molecule has 2 aromatic rings. The Kier molecular flexibility index (Phi) is 3.69. The molecule has 100 valence electrons. The first kappa shape index (κ1) is 12.9. The molecule has 0 aliphatic carbocycles. The number of rotatable bonds is 4. The number of nitrogens with zero attached hydrogens (tertiary/aromatic N) is 4. The standard InChI is InChI=1S/C11H12FN5O2/c1-7(5-12)17-6-13-16-10(17)8-3-2-4-9(14-8)15-11(18)19/h2-4,6-7H,5H2,1H3,(H,14,15)(H,18,19). The molecule has 0 saturated heterocycles. The number of alkyl halides is 1. The predicted molar refractivity (Wildman–Crippen MR) is 65.6 cm³/mol. The van der Waals surface area contributed by atoms with Crippen LogP contribution in [0.25, 0.3) is 11.5 Å². The third-order valence-electron chi connectivity index (χ3n) is 2.48. The van der Waals surface area contributed by atoms with Crippen molar-refractivity contribution in [2.24, 2.45) is 0 Å². The lowest BCUT2D eigenvalue weighted by molar-refractivity contribution is 0.209. The number of carboxylic acid groups (broad SMARTS) is 1. The zero-order valence-corrected chi connectivity index (χ0v) is 10.1. The molecular formula is C11H12FN5O2. The van der Waals surface area contributed by atoms with E-state index in [0.717, 1.165) is 0 Å². The molecule has 0 saturated carbocycles. The van der Waals surface area contributed by atoms with Crippen LogP contribution in [0, 0.1) is 0 Å². The third-order valence-corrected chi connectivity index (χ3v) is 2.48. The Labute approximate surface area is 108 Å². The van der Waals surface area contributed by atoms with E-state index in [1.165, 1.54) is 12.4 Å². The van der Waals surface area contributed by atoms with E-state index < -0.39 is 18.8 Å². The molecule has 19 heavy (non-hydrogen) atoms. The van der Waals surface area contributed by atoms with Crippen LogP contribution >= 0.6 is 0 Å². The number of amides is 1. The van der Waals surface area contributed by atoms with Crippen LogP contribution in [-0.2, 0) is 0 Å². The Balaban J connectivity index is 2.36. The van der Waals surface area contributed by atoms with Crippen LogP contribution in [0.5, 0.6) is 0 Å². The largest absolute Gasteiger partial charge is 0.465 e. The fourth-order valence-corrected chi connectivity index (χ4v) is 1.56. The predicted octanol–water partition coefficient (Wildman–Crippen LogP) is 1.96. The van der Waals surface area contributed by atoms with E-state index >= 15 is 0 Å². The molecule has 0 fully saturated rings. The Bertz CT molecular complexity index is 586. The first-order valence-electron chi connectivity index (χ1n) is 5.54. The second-order valence-corrected chi connectivity index (χ2v) is 3.90. The van der Waals surface area contributed by atoms with Crippen LogP contribution in [-0.4, -0.2) is 37.6 Å². The summed E-state index contributed by atoms with van der Waals surface area (Å²) >= 11 is 0. The summed E-state index contributed by atoms with van der Waals surface area (Å²) < 4.78 is 14.3. The zero-order valence-electron chi connectivity index (χ0n) is 10.1. The average molecular weight is 265 g/mol. The molecule has 8 heteroatoms. The Morgan fingerprint density at radius 2 is 2.37 bits per heavy atom. The van der Waals surface area contributed by atoms with Gasteiger partial charge in [-0.05, 0) is 19.1 Å². The fraction of sp³-hybridized carbons (Fsp3) is 0.273. The van der Waals surface area contributed by atoms with Gasteiger partial charge in [-0.1, -0.05) is 6.07 Å². The first-order valence-corrected chi connectivity index (χ1v) is 5.54. The molecule has 2 N–H and O–H groups in total. The summed E-state index contributed by atoms with van der Waals surface area (Å²) in [5.41, 5.74) is 0.420. The molecule has 7 nitrogen and oxygen atoms in total. The summed E-state index contributed by atoms with van der Waals surface area (Å²) in [6.07, 6.45) is 0.210. The van der Waals surface area contributed by atoms with Crippen molar-refractivity contribution in [3.05, 3.63) is 24.5 Å². The van der Waals surface area contributed by atoms with Crippen molar-refractivity contribution in [1.82, 2.24) is 19.7 Å². The lowest BCUT2D eigenvalue weighted by atomic mass is 10.3. The molecule has 1 atom stereocenters. The number of nitrogens with one attached hydrogen (secondary N) is 1. The number of anilines is 1. The van der Waals surface area contributed by atoms with Crippen molar-refractivity contribution in [2.75, 3.05) is 12.0 Å². The summed E-state index contributed by atoms with van der Waals surface area (Å²) in [5, 5.41) is 18.4. The second-order valence-electron chi connectivity index (χ2n) is 3.90. The Morgan fingerprint density at radius 1 is 1.58 bits per heavy atom. The lowest BCUT2D eigenvalue weighted by Crippen LogP contribution is -2.11. The van der Waals surface area contributed by atoms with Crippen molar-refractivity contribution >= 4 is 11.9 Å². The number of pyridine rings is 1. The van der Waals surface area contributed by atoms with Gasteiger partial charge in [0.15, 0.2) is 5.82 Å². The Hall–Kier alpha value is -2.51. The maximum atomic E-state index is 12.7. The molecule has 1 amide bonds. The highest BCUT2D eigenvalue weighted by atomic mass is 19.1. The fourth-order valence-electron chi connectivity index (χ4n) is 1.56. The van der Waals surface area contributed by atoms with Gasteiger partial charge in [0, 0.05) is 0 Å². The molecule has 1 unspecified atom stereocenters. The number of carbonyl (C=O) groups is 1. The van der Waals surface area contributed by atoms with Crippen LogP contribution in [0.1, 0.15) is 13.0 Å². The van der Waals surface area contributed by atoms with Gasteiger partial charge in [0.25, 0.3) is 0 Å². The number of halogens is 1. The van der Waals surface area contributed by atoms with Gasteiger partial charge in [0.2, 0.25) is 0 Å². The molecule has 0 radical (unpaired) electrons. The number of hydrogen-bond donors (Lipinski definition) is 2. The summed E-state index contributed by atoms with van der Waals surface area (Å²) in [4.78, 5) is 14.6. The molecule has 0 bridgehead atoms. The van der Waals surface area contributed by atoms with E-state index in [9.17, 15) is 9.18 Å². The zero-order chi connectivity index (χ0) is 13.8. The van der Waals surface area contributed by atoms with Gasteiger partial charge in [-0.2, -0.15) is 0 Å². The van der Waals surface area contributed by atoms with E-state index in [0.29, 0.717) is 11.5 Å². The van der Waals surface area contributed by atoms with Crippen molar-refractivity contribution in [1.29, 1.82) is 0 Å². The maximum Gasteiger partial charge on any atom is 0.410 e. The van der Waals surface area contributed by atoms with Gasteiger partial charge < -0.3 is 9.67 Å². The van der Waals surface area contributed by atoms with E-state index in [1.54, 1.807) is 23.6 Å². The van der Waals surface area contributed by atoms with E-state index in [1.807, 2.05) is 0 Å². The summed E-state index contributed by atoms with van der Waals surface area (Å²) in [6, 6.07) is 4.38. The molecule has 2 heterocycles. The molecule has 2 rings (SSSR count).